The molecular weight excluding hydrogens is 250 g/mol. The molecule has 1 aromatic carbocycles. The van der Waals surface area contributed by atoms with Gasteiger partial charge < -0.3 is 16.0 Å². The van der Waals surface area contributed by atoms with Crippen molar-refractivity contribution in [2.24, 2.45) is 17.6 Å². The number of carbonyl (C=O) groups is 1. The molecule has 0 aromatic heterocycles. The van der Waals surface area contributed by atoms with Crippen molar-refractivity contribution in [3.05, 3.63) is 35.9 Å². The molecule has 1 aromatic rings. The van der Waals surface area contributed by atoms with Gasteiger partial charge in [0.05, 0.1) is 6.04 Å². The van der Waals surface area contributed by atoms with Crippen molar-refractivity contribution in [1.82, 2.24) is 10.2 Å². The van der Waals surface area contributed by atoms with Gasteiger partial charge >= 0.3 is 0 Å². The topological polar surface area (TPSA) is 58.4 Å². The lowest BCUT2D eigenvalue weighted by Gasteiger charge is -2.42. The molecule has 3 rings (SSSR count). The van der Waals surface area contributed by atoms with Gasteiger partial charge in [0, 0.05) is 13.1 Å². The highest BCUT2D eigenvalue weighted by Crippen LogP contribution is 2.24. The standard InChI is InChI=1S/C16H23N3O/c17-15(7-12-4-2-1-3-5-12)16(20)19-10-13-6-14(11-19)9-18-8-13/h1-5,13-15,18H,6-11,17H2/t13-,14?,15+/m1/s1. The monoisotopic (exact) mass is 273 g/mol. The molecule has 2 aliphatic heterocycles. The molecule has 2 bridgehead atoms. The Labute approximate surface area is 120 Å². The SMILES string of the molecule is N[C@@H](Cc1ccccc1)C(=O)N1CC2CNC[C@@H](C2)C1. The molecule has 1 amide bonds. The number of nitrogens with one attached hydrogen (secondary N) is 1. The van der Waals surface area contributed by atoms with E-state index in [1.54, 1.807) is 0 Å². The Kier molecular flexibility index (Phi) is 4.03. The van der Waals surface area contributed by atoms with Crippen molar-refractivity contribution in [2.45, 2.75) is 18.9 Å². The first-order chi connectivity index (χ1) is 9.72. The predicted molar refractivity (Wildman–Crippen MR) is 79.2 cm³/mol. The van der Waals surface area contributed by atoms with Crippen molar-refractivity contribution in [3.63, 3.8) is 0 Å². The number of carbonyl (C=O) groups excluding carboxylic acids is 1. The van der Waals surface area contributed by atoms with Crippen LogP contribution < -0.4 is 11.1 Å². The maximum absolute atomic E-state index is 12.5. The van der Waals surface area contributed by atoms with E-state index in [-0.39, 0.29) is 5.91 Å². The summed E-state index contributed by atoms with van der Waals surface area (Å²) in [6, 6.07) is 9.61. The third-order valence-corrected chi connectivity index (χ3v) is 4.42. The summed E-state index contributed by atoms with van der Waals surface area (Å²) in [4.78, 5) is 14.5. The van der Waals surface area contributed by atoms with Gasteiger partial charge in [-0.2, -0.15) is 0 Å². The van der Waals surface area contributed by atoms with E-state index >= 15 is 0 Å². The second-order valence-corrected chi connectivity index (χ2v) is 6.17. The van der Waals surface area contributed by atoms with Gasteiger partial charge in [0.1, 0.15) is 0 Å². The first-order valence-corrected chi connectivity index (χ1v) is 7.51. The van der Waals surface area contributed by atoms with Gasteiger partial charge in [0.15, 0.2) is 0 Å². The number of nitrogens with two attached hydrogens (primary N) is 1. The van der Waals surface area contributed by atoms with E-state index in [1.807, 2.05) is 35.2 Å². The van der Waals surface area contributed by atoms with Gasteiger partial charge in [-0.1, -0.05) is 30.3 Å². The fourth-order valence-electron chi connectivity index (χ4n) is 3.48. The first-order valence-electron chi connectivity index (χ1n) is 7.51. The van der Waals surface area contributed by atoms with Gasteiger partial charge in [-0.15, -0.1) is 0 Å². The normalized spacial score (nSPS) is 27.1. The smallest absolute Gasteiger partial charge is 0.239 e. The summed E-state index contributed by atoms with van der Waals surface area (Å²) >= 11 is 0. The highest BCUT2D eigenvalue weighted by Gasteiger charge is 2.34. The lowest BCUT2D eigenvalue weighted by molar-refractivity contribution is -0.136. The van der Waals surface area contributed by atoms with E-state index in [1.165, 1.54) is 6.42 Å². The van der Waals surface area contributed by atoms with Crippen LogP contribution in [0, 0.1) is 11.8 Å². The molecule has 3 N–H and O–H groups in total. The fraction of sp³-hybridized carbons (Fsp3) is 0.562. The number of rotatable bonds is 3. The summed E-state index contributed by atoms with van der Waals surface area (Å²) in [5, 5.41) is 3.45. The number of nitrogens with zero attached hydrogens (tertiary/aromatic N) is 1. The van der Waals surface area contributed by atoms with E-state index in [0.717, 1.165) is 31.7 Å². The molecular formula is C16H23N3O. The minimum Gasteiger partial charge on any atom is -0.341 e. The number of amides is 1. The fourth-order valence-corrected chi connectivity index (χ4v) is 3.48. The molecule has 4 heteroatoms. The molecule has 20 heavy (non-hydrogen) atoms. The van der Waals surface area contributed by atoms with Gasteiger partial charge in [-0.05, 0) is 43.3 Å². The summed E-state index contributed by atoms with van der Waals surface area (Å²) in [5.41, 5.74) is 7.26. The summed E-state index contributed by atoms with van der Waals surface area (Å²) in [6.45, 7) is 3.80. The van der Waals surface area contributed by atoms with E-state index in [0.29, 0.717) is 18.3 Å². The highest BCUT2D eigenvalue weighted by molar-refractivity contribution is 5.82. The van der Waals surface area contributed by atoms with Crippen LogP contribution in [0.1, 0.15) is 12.0 Å². The summed E-state index contributed by atoms with van der Waals surface area (Å²) in [6.07, 6.45) is 1.88. The molecule has 1 unspecified atom stereocenters. The average Bonchev–Trinajstić information content (AvgIpc) is 2.47. The van der Waals surface area contributed by atoms with Crippen molar-refractivity contribution < 1.29 is 4.79 Å². The summed E-state index contributed by atoms with van der Waals surface area (Å²) in [5.74, 6) is 1.33. The molecule has 0 aliphatic carbocycles. The number of fused-ring (bicyclic) bond motifs is 2. The van der Waals surface area contributed by atoms with E-state index in [2.05, 4.69) is 5.32 Å². The van der Waals surface area contributed by atoms with Crippen molar-refractivity contribution >= 4 is 5.91 Å². The zero-order valence-electron chi connectivity index (χ0n) is 11.8. The van der Waals surface area contributed by atoms with E-state index in [9.17, 15) is 4.79 Å². The van der Waals surface area contributed by atoms with Crippen molar-refractivity contribution in [2.75, 3.05) is 26.2 Å². The maximum Gasteiger partial charge on any atom is 0.239 e. The maximum atomic E-state index is 12.5. The van der Waals surface area contributed by atoms with Crippen molar-refractivity contribution in [3.8, 4) is 0 Å². The van der Waals surface area contributed by atoms with Crippen LogP contribution in [-0.2, 0) is 11.2 Å². The molecule has 2 aliphatic rings. The molecule has 2 fully saturated rings. The number of likely N-dealkylation sites (tertiary alicyclic amines) is 1. The third-order valence-electron chi connectivity index (χ3n) is 4.42. The predicted octanol–water partition coefficient (Wildman–Crippen LogP) is 0.624. The Morgan fingerprint density at radius 2 is 1.90 bits per heavy atom. The zero-order chi connectivity index (χ0) is 13.9. The summed E-state index contributed by atoms with van der Waals surface area (Å²) < 4.78 is 0. The zero-order valence-corrected chi connectivity index (χ0v) is 11.8. The second-order valence-electron chi connectivity index (χ2n) is 6.17. The lowest BCUT2D eigenvalue weighted by Crippen LogP contribution is -2.56. The Morgan fingerprint density at radius 3 is 2.55 bits per heavy atom. The molecule has 2 saturated heterocycles. The van der Waals surface area contributed by atoms with Crippen LogP contribution in [0.3, 0.4) is 0 Å². The Hall–Kier alpha value is -1.39. The van der Waals surface area contributed by atoms with Crippen LogP contribution in [0.5, 0.6) is 0 Å². The van der Waals surface area contributed by atoms with Gasteiger partial charge in [0.25, 0.3) is 0 Å². The summed E-state index contributed by atoms with van der Waals surface area (Å²) in [7, 11) is 0. The van der Waals surface area contributed by atoms with Crippen LogP contribution >= 0.6 is 0 Å². The number of hydrogen-bond donors (Lipinski definition) is 2. The number of hydrogen-bond acceptors (Lipinski definition) is 3. The largest absolute Gasteiger partial charge is 0.341 e. The lowest BCUT2D eigenvalue weighted by atomic mass is 9.85. The van der Waals surface area contributed by atoms with E-state index in [4.69, 9.17) is 5.73 Å². The Morgan fingerprint density at radius 1 is 1.25 bits per heavy atom. The quantitative estimate of drug-likeness (QED) is 0.849. The number of piperidine rings is 2. The highest BCUT2D eigenvalue weighted by atomic mass is 16.2. The third kappa shape index (κ3) is 3.02. The van der Waals surface area contributed by atoms with Gasteiger partial charge in [-0.3, -0.25) is 4.79 Å². The van der Waals surface area contributed by atoms with Crippen LogP contribution in [0.25, 0.3) is 0 Å². The minimum absolute atomic E-state index is 0.116. The van der Waals surface area contributed by atoms with Crippen LogP contribution in [0.4, 0.5) is 0 Å². The molecule has 2 heterocycles. The minimum atomic E-state index is -0.413. The molecule has 3 atom stereocenters. The van der Waals surface area contributed by atoms with Crippen LogP contribution in [-0.4, -0.2) is 43.0 Å². The Bertz CT molecular complexity index is 450. The first kappa shape index (κ1) is 13.6. The van der Waals surface area contributed by atoms with Crippen LogP contribution in [0.2, 0.25) is 0 Å². The van der Waals surface area contributed by atoms with Crippen LogP contribution in [0.15, 0.2) is 30.3 Å². The van der Waals surface area contributed by atoms with Gasteiger partial charge in [-0.25, -0.2) is 0 Å². The molecule has 4 nitrogen and oxygen atoms in total. The molecule has 108 valence electrons. The van der Waals surface area contributed by atoms with Gasteiger partial charge in [0.2, 0.25) is 5.91 Å². The molecule has 0 spiro atoms. The van der Waals surface area contributed by atoms with E-state index < -0.39 is 6.04 Å². The number of benzene rings is 1. The second kappa shape index (κ2) is 5.94. The molecule has 0 radical (unpaired) electrons. The molecule has 0 saturated carbocycles. The Balaban J connectivity index is 1.60. The average molecular weight is 273 g/mol. The van der Waals surface area contributed by atoms with Crippen molar-refractivity contribution in [1.29, 1.82) is 0 Å².